The molecule has 0 unspecified atom stereocenters. The fourth-order valence-corrected chi connectivity index (χ4v) is 2.02. The molecule has 0 saturated carbocycles. The Hall–Kier alpha value is -1.30. The van der Waals surface area contributed by atoms with Gasteiger partial charge in [-0.05, 0) is 27.2 Å². The number of esters is 1. The summed E-state index contributed by atoms with van der Waals surface area (Å²) in [6, 6.07) is -0.758. The Morgan fingerprint density at radius 1 is 0.862 bits per heavy atom. The van der Waals surface area contributed by atoms with Crippen molar-refractivity contribution in [3.8, 4) is 0 Å². The molecule has 0 spiro atoms. The van der Waals surface area contributed by atoms with Crippen molar-refractivity contribution in [2.45, 2.75) is 45.3 Å². The number of rotatable bonds is 18. The van der Waals surface area contributed by atoms with Crippen molar-refractivity contribution in [1.29, 1.82) is 0 Å². The number of amides is 1. The van der Waals surface area contributed by atoms with Crippen LogP contribution in [0, 0.1) is 0 Å². The van der Waals surface area contributed by atoms with E-state index in [1.165, 1.54) is 0 Å². The lowest BCUT2D eigenvalue weighted by molar-refractivity contribution is -0.155. The average molecular weight is 422 g/mol. The standard InChI is InChI=1S/C19H39N3O7/c1-19(2,3)29-17(23)5-4-16(21)18(24)22-7-9-26-11-13-28-15-14-27-12-10-25-8-6-20/h16H,4-15,20-21H2,1-3H3,(H,22,24)/t16-/m1/s1. The summed E-state index contributed by atoms with van der Waals surface area (Å²) in [4.78, 5) is 23.5. The SMILES string of the molecule is CC(C)(C)OC(=O)CC[C@@H](N)C(=O)NCCOCCOCCOCCOCCN. The number of carbonyl (C=O) groups excluding carboxylic acids is 2. The van der Waals surface area contributed by atoms with Crippen molar-refractivity contribution >= 4 is 11.9 Å². The molecule has 0 rings (SSSR count). The Balaban J connectivity index is 3.45. The maximum atomic E-state index is 11.9. The highest BCUT2D eigenvalue weighted by Gasteiger charge is 2.19. The lowest BCUT2D eigenvalue weighted by atomic mass is 10.1. The topological polar surface area (TPSA) is 144 Å². The first kappa shape index (κ1) is 27.7. The first-order valence-corrected chi connectivity index (χ1v) is 10.0. The van der Waals surface area contributed by atoms with Crippen LogP contribution in [0.4, 0.5) is 0 Å². The summed E-state index contributed by atoms with van der Waals surface area (Å²) in [6.07, 6.45) is 0.334. The molecule has 0 aliphatic heterocycles. The van der Waals surface area contributed by atoms with Gasteiger partial charge in [0.1, 0.15) is 5.60 Å². The van der Waals surface area contributed by atoms with Crippen molar-refractivity contribution in [3.63, 3.8) is 0 Å². The Morgan fingerprint density at radius 3 is 1.83 bits per heavy atom. The Labute approximate surface area is 173 Å². The summed E-state index contributed by atoms with van der Waals surface area (Å²) in [7, 11) is 0. The van der Waals surface area contributed by atoms with Gasteiger partial charge in [-0.1, -0.05) is 0 Å². The van der Waals surface area contributed by atoms with Crippen LogP contribution in [0.5, 0.6) is 0 Å². The van der Waals surface area contributed by atoms with Gasteiger partial charge in [-0.3, -0.25) is 9.59 Å². The second-order valence-electron chi connectivity index (χ2n) is 7.26. The van der Waals surface area contributed by atoms with Crippen molar-refractivity contribution in [1.82, 2.24) is 5.32 Å². The first-order valence-electron chi connectivity index (χ1n) is 10.0. The highest BCUT2D eigenvalue weighted by atomic mass is 16.6. The van der Waals surface area contributed by atoms with Crippen molar-refractivity contribution in [3.05, 3.63) is 0 Å². The van der Waals surface area contributed by atoms with Crippen LogP contribution >= 0.6 is 0 Å². The number of nitrogens with one attached hydrogen (secondary N) is 1. The normalized spacial score (nSPS) is 12.6. The molecule has 1 atom stereocenters. The van der Waals surface area contributed by atoms with E-state index in [9.17, 15) is 9.59 Å². The van der Waals surface area contributed by atoms with Crippen LogP contribution in [0.15, 0.2) is 0 Å². The van der Waals surface area contributed by atoms with Gasteiger partial charge in [-0.25, -0.2) is 0 Å². The number of nitrogens with two attached hydrogens (primary N) is 2. The van der Waals surface area contributed by atoms with Crippen molar-refractivity contribution < 1.29 is 33.3 Å². The molecule has 10 heteroatoms. The smallest absolute Gasteiger partial charge is 0.306 e. The number of ether oxygens (including phenoxy) is 5. The molecule has 0 bridgehead atoms. The van der Waals surface area contributed by atoms with Gasteiger partial charge in [-0.15, -0.1) is 0 Å². The average Bonchev–Trinajstić information content (AvgIpc) is 2.64. The van der Waals surface area contributed by atoms with Crippen LogP contribution in [-0.4, -0.2) is 89.5 Å². The van der Waals surface area contributed by atoms with Crippen LogP contribution in [0.2, 0.25) is 0 Å². The van der Waals surface area contributed by atoms with E-state index in [1.54, 1.807) is 20.8 Å². The molecule has 0 aliphatic rings. The lowest BCUT2D eigenvalue weighted by Crippen LogP contribution is -2.42. The Kier molecular flexibility index (Phi) is 16.8. The van der Waals surface area contributed by atoms with Gasteiger partial charge in [0.05, 0.1) is 58.9 Å². The molecule has 0 aromatic rings. The molecule has 0 saturated heterocycles. The lowest BCUT2D eigenvalue weighted by Gasteiger charge is -2.20. The molecule has 172 valence electrons. The zero-order valence-corrected chi connectivity index (χ0v) is 18.1. The summed E-state index contributed by atoms with van der Waals surface area (Å²) in [5.41, 5.74) is 10.5. The van der Waals surface area contributed by atoms with Gasteiger partial charge in [0.25, 0.3) is 0 Å². The van der Waals surface area contributed by atoms with Gasteiger partial charge in [-0.2, -0.15) is 0 Å². The number of carbonyl (C=O) groups is 2. The predicted molar refractivity (Wildman–Crippen MR) is 108 cm³/mol. The van der Waals surface area contributed by atoms with Gasteiger partial charge < -0.3 is 40.5 Å². The predicted octanol–water partition coefficient (Wildman–Crippen LogP) is -0.423. The zero-order valence-electron chi connectivity index (χ0n) is 18.1. The molecule has 1 amide bonds. The third kappa shape index (κ3) is 19.8. The van der Waals surface area contributed by atoms with Gasteiger partial charge in [0, 0.05) is 19.5 Å². The third-order valence-corrected chi connectivity index (χ3v) is 3.34. The largest absolute Gasteiger partial charge is 0.460 e. The fraction of sp³-hybridized carbons (Fsp3) is 0.895. The maximum Gasteiger partial charge on any atom is 0.306 e. The van der Waals surface area contributed by atoms with E-state index in [-0.39, 0.29) is 24.7 Å². The molecule has 0 aliphatic carbocycles. The van der Waals surface area contributed by atoms with Crippen LogP contribution in [0.25, 0.3) is 0 Å². The minimum atomic E-state index is -0.758. The van der Waals surface area contributed by atoms with E-state index in [2.05, 4.69) is 5.32 Å². The quantitative estimate of drug-likeness (QED) is 0.198. The summed E-state index contributed by atoms with van der Waals surface area (Å²) >= 11 is 0. The minimum absolute atomic E-state index is 0.101. The maximum absolute atomic E-state index is 11.9. The molecule has 10 nitrogen and oxygen atoms in total. The van der Waals surface area contributed by atoms with Gasteiger partial charge in [0.2, 0.25) is 5.91 Å². The Morgan fingerprint density at radius 2 is 1.34 bits per heavy atom. The summed E-state index contributed by atoms with van der Waals surface area (Å²) in [6.45, 7) is 9.96. The summed E-state index contributed by atoms with van der Waals surface area (Å²) < 4.78 is 26.4. The molecule has 0 fully saturated rings. The van der Waals surface area contributed by atoms with Gasteiger partial charge in [0.15, 0.2) is 0 Å². The van der Waals surface area contributed by atoms with Crippen LogP contribution in [0.1, 0.15) is 33.6 Å². The van der Waals surface area contributed by atoms with Gasteiger partial charge >= 0.3 is 5.97 Å². The molecule has 0 heterocycles. The molecular formula is C19H39N3O7. The minimum Gasteiger partial charge on any atom is -0.460 e. The summed E-state index contributed by atoms with van der Waals surface area (Å²) in [5.74, 6) is -0.685. The Bertz CT molecular complexity index is 431. The van der Waals surface area contributed by atoms with E-state index in [0.29, 0.717) is 65.9 Å². The molecule has 5 N–H and O–H groups in total. The van der Waals surface area contributed by atoms with Crippen molar-refractivity contribution in [2.75, 3.05) is 65.9 Å². The van der Waals surface area contributed by atoms with Crippen LogP contribution < -0.4 is 16.8 Å². The molecule has 0 radical (unpaired) electrons. The molecule has 0 aromatic carbocycles. The highest BCUT2D eigenvalue weighted by molar-refractivity contribution is 5.82. The third-order valence-electron chi connectivity index (χ3n) is 3.34. The van der Waals surface area contributed by atoms with Crippen LogP contribution in [-0.2, 0) is 33.3 Å². The molecule has 0 aromatic heterocycles. The van der Waals surface area contributed by atoms with Crippen molar-refractivity contribution in [2.24, 2.45) is 11.5 Å². The molecular weight excluding hydrogens is 382 g/mol. The summed E-state index contributed by atoms with van der Waals surface area (Å²) in [5, 5.41) is 2.67. The molecule has 29 heavy (non-hydrogen) atoms. The second kappa shape index (κ2) is 17.5. The second-order valence-corrected chi connectivity index (χ2v) is 7.26. The number of hydrogen-bond acceptors (Lipinski definition) is 9. The van der Waals surface area contributed by atoms with E-state index in [1.807, 2.05) is 0 Å². The van der Waals surface area contributed by atoms with E-state index >= 15 is 0 Å². The fourth-order valence-electron chi connectivity index (χ4n) is 2.02. The first-order chi connectivity index (χ1) is 13.8. The number of hydrogen-bond donors (Lipinski definition) is 3. The van der Waals surface area contributed by atoms with E-state index < -0.39 is 11.6 Å². The monoisotopic (exact) mass is 421 g/mol. The van der Waals surface area contributed by atoms with E-state index in [0.717, 1.165) is 0 Å². The van der Waals surface area contributed by atoms with E-state index in [4.69, 9.17) is 35.2 Å². The van der Waals surface area contributed by atoms with Crippen LogP contribution in [0.3, 0.4) is 0 Å². The zero-order chi connectivity index (χ0) is 22.0. The highest BCUT2D eigenvalue weighted by Crippen LogP contribution is 2.09.